The van der Waals surface area contributed by atoms with Gasteiger partial charge in [0, 0.05) is 16.7 Å². The van der Waals surface area contributed by atoms with Crippen LogP contribution in [0, 0.1) is 29.1 Å². The van der Waals surface area contributed by atoms with Crippen molar-refractivity contribution in [3.05, 3.63) is 40.9 Å². The number of hydrogen-bond donors (Lipinski definition) is 2. The Bertz CT molecular complexity index is 739. The average Bonchev–Trinajstić information content (AvgIpc) is 3.30. The lowest BCUT2D eigenvalue weighted by molar-refractivity contribution is -0.132. The van der Waals surface area contributed by atoms with E-state index in [-0.39, 0.29) is 40.9 Å². The van der Waals surface area contributed by atoms with Gasteiger partial charge in [0.25, 0.3) is 0 Å². The molecule has 4 rings (SSSR count). The van der Waals surface area contributed by atoms with Crippen LogP contribution in [0.15, 0.2) is 40.9 Å². The molecule has 2 bridgehead atoms. The number of anilines is 1. The first-order valence-electron chi connectivity index (χ1n) is 9.59. The summed E-state index contributed by atoms with van der Waals surface area (Å²) in [6.07, 6.45) is 8.69. The fraction of sp³-hybridized carbons (Fsp3) is 0.524. The number of rotatable bonds is 6. The fourth-order valence-corrected chi connectivity index (χ4v) is 5.24. The highest BCUT2D eigenvalue weighted by Crippen LogP contribution is 2.72. The largest absolute Gasteiger partial charge is 0.356 e. The van der Waals surface area contributed by atoms with E-state index in [4.69, 9.17) is 0 Å². The molecule has 0 heterocycles. The second-order valence-corrected chi connectivity index (χ2v) is 8.78. The van der Waals surface area contributed by atoms with Crippen molar-refractivity contribution in [1.29, 1.82) is 0 Å². The number of benzene rings is 1. The Balaban J connectivity index is 1.54. The second-order valence-electron chi connectivity index (χ2n) is 7.86. The molecule has 0 aliphatic heterocycles. The minimum absolute atomic E-state index is 0.0221. The molecule has 4 nitrogen and oxygen atoms in total. The van der Waals surface area contributed by atoms with Crippen LogP contribution in [0.25, 0.3) is 0 Å². The molecule has 2 N–H and O–H groups in total. The van der Waals surface area contributed by atoms with Gasteiger partial charge in [-0.25, -0.2) is 0 Å². The Morgan fingerprint density at radius 1 is 1.08 bits per heavy atom. The Morgan fingerprint density at radius 2 is 1.69 bits per heavy atom. The summed E-state index contributed by atoms with van der Waals surface area (Å²) in [7, 11) is 0. The molecule has 0 unspecified atom stereocenters. The third-order valence-electron chi connectivity index (χ3n) is 6.39. The lowest BCUT2D eigenvalue weighted by Gasteiger charge is -2.26. The molecule has 0 aromatic heterocycles. The average molecular weight is 417 g/mol. The van der Waals surface area contributed by atoms with E-state index < -0.39 is 0 Å². The summed E-state index contributed by atoms with van der Waals surface area (Å²) in [5, 5.41) is 6.11. The van der Waals surface area contributed by atoms with Gasteiger partial charge in [0.15, 0.2) is 0 Å². The molecule has 26 heavy (non-hydrogen) atoms. The maximum Gasteiger partial charge on any atom is 0.228 e. The summed E-state index contributed by atoms with van der Waals surface area (Å²) in [4.78, 5) is 26.0. The molecule has 138 valence electrons. The summed E-state index contributed by atoms with van der Waals surface area (Å²) in [6, 6.07) is 7.59. The van der Waals surface area contributed by atoms with Crippen LogP contribution in [0.2, 0.25) is 0 Å². The van der Waals surface area contributed by atoms with E-state index in [2.05, 4.69) is 45.6 Å². The van der Waals surface area contributed by atoms with Gasteiger partial charge in [0.2, 0.25) is 11.8 Å². The maximum atomic E-state index is 13.1. The topological polar surface area (TPSA) is 58.2 Å². The molecule has 1 aromatic rings. The van der Waals surface area contributed by atoms with Gasteiger partial charge in [-0.05, 0) is 60.8 Å². The standard InChI is InChI=1S/C21H25BrN2O2/c1-2-3-12-23-19(25)17-15-8-9-16(21(15)10-11-21)18(17)20(26)24-14-6-4-13(22)5-7-14/h4-9,15-18H,2-3,10-12H2,1H3,(H,23,25)(H,24,26)/t15-,16+,17-,18-/m1/s1. The number of carbonyl (C=O) groups is 2. The molecule has 2 saturated carbocycles. The normalized spacial score (nSPS) is 29.8. The molecule has 3 aliphatic carbocycles. The quantitative estimate of drug-likeness (QED) is 0.540. The van der Waals surface area contributed by atoms with Crippen molar-refractivity contribution in [3.8, 4) is 0 Å². The monoisotopic (exact) mass is 416 g/mol. The van der Waals surface area contributed by atoms with E-state index in [0.29, 0.717) is 6.54 Å². The third kappa shape index (κ3) is 2.90. The van der Waals surface area contributed by atoms with Crippen LogP contribution in [-0.4, -0.2) is 18.4 Å². The van der Waals surface area contributed by atoms with Gasteiger partial charge in [0.05, 0.1) is 11.8 Å². The SMILES string of the molecule is CCCCNC(=O)[C@H]1[C@H](C(=O)Nc2ccc(Br)cc2)[C@@H]2C=C[C@H]1C21CC1. The third-order valence-corrected chi connectivity index (χ3v) is 6.92. The number of halogens is 1. The van der Waals surface area contributed by atoms with Gasteiger partial charge in [-0.1, -0.05) is 41.4 Å². The van der Waals surface area contributed by atoms with E-state index in [1.165, 1.54) is 0 Å². The molecule has 5 heteroatoms. The molecular weight excluding hydrogens is 392 g/mol. The zero-order valence-electron chi connectivity index (χ0n) is 15.0. The highest BCUT2D eigenvalue weighted by atomic mass is 79.9. The van der Waals surface area contributed by atoms with E-state index in [9.17, 15) is 9.59 Å². The van der Waals surface area contributed by atoms with Crippen LogP contribution in [-0.2, 0) is 9.59 Å². The molecule has 3 aliphatic rings. The van der Waals surface area contributed by atoms with Crippen molar-refractivity contribution in [2.45, 2.75) is 32.6 Å². The number of hydrogen-bond acceptors (Lipinski definition) is 2. The molecule has 4 atom stereocenters. The van der Waals surface area contributed by atoms with Gasteiger partial charge in [-0.2, -0.15) is 0 Å². The zero-order chi connectivity index (χ0) is 18.3. The Morgan fingerprint density at radius 3 is 2.27 bits per heavy atom. The van der Waals surface area contributed by atoms with E-state index in [1.807, 2.05) is 24.3 Å². The smallest absolute Gasteiger partial charge is 0.228 e. The molecule has 2 fully saturated rings. The van der Waals surface area contributed by atoms with E-state index in [0.717, 1.165) is 35.8 Å². The van der Waals surface area contributed by atoms with Gasteiger partial charge < -0.3 is 10.6 Å². The van der Waals surface area contributed by atoms with Gasteiger partial charge >= 0.3 is 0 Å². The van der Waals surface area contributed by atoms with Crippen LogP contribution in [0.5, 0.6) is 0 Å². The van der Waals surface area contributed by atoms with Crippen LogP contribution in [0.4, 0.5) is 5.69 Å². The molecule has 1 aromatic carbocycles. The first-order chi connectivity index (χ1) is 12.6. The highest BCUT2D eigenvalue weighted by Gasteiger charge is 2.69. The Hall–Kier alpha value is -1.62. The summed E-state index contributed by atoms with van der Waals surface area (Å²) >= 11 is 3.41. The van der Waals surface area contributed by atoms with E-state index >= 15 is 0 Å². The minimum Gasteiger partial charge on any atom is -0.356 e. The van der Waals surface area contributed by atoms with Crippen molar-refractivity contribution >= 4 is 33.4 Å². The number of nitrogens with one attached hydrogen (secondary N) is 2. The molecule has 0 radical (unpaired) electrons. The lowest BCUT2D eigenvalue weighted by Crippen LogP contribution is -2.42. The number of unbranched alkanes of at least 4 members (excludes halogenated alkanes) is 1. The predicted molar refractivity (Wildman–Crippen MR) is 105 cm³/mol. The van der Waals surface area contributed by atoms with Gasteiger partial charge in [-0.3, -0.25) is 9.59 Å². The Kier molecular flexibility index (Phi) is 4.68. The van der Waals surface area contributed by atoms with Crippen LogP contribution >= 0.6 is 15.9 Å². The van der Waals surface area contributed by atoms with E-state index in [1.54, 1.807) is 0 Å². The summed E-state index contributed by atoms with van der Waals surface area (Å²) in [5.41, 5.74) is 0.953. The fourth-order valence-electron chi connectivity index (χ4n) is 4.97. The number of carbonyl (C=O) groups excluding carboxylic acids is 2. The first-order valence-corrected chi connectivity index (χ1v) is 10.4. The zero-order valence-corrected chi connectivity index (χ0v) is 16.6. The second kappa shape index (κ2) is 6.84. The molecular formula is C21H25BrN2O2. The highest BCUT2D eigenvalue weighted by molar-refractivity contribution is 9.10. The lowest BCUT2D eigenvalue weighted by atomic mass is 9.81. The minimum atomic E-state index is -0.266. The van der Waals surface area contributed by atoms with Crippen molar-refractivity contribution in [3.63, 3.8) is 0 Å². The number of allylic oxidation sites excluding steroid dienone is 2. The van der Waals surface area contributed by atoms with Crippen molar-refractivity contribution in [2.75, 3.05) is 11.9 Å². The summed E-state index contributed by atoms with van der Waals surface area (Å²) in [6.45, 7) is 2.81. The summed E-state index contributed by atoms with van der Waals surface area (Å²) in [5.74, 6) is -0.0548. The van der Waals surface area contributed by atoms with Crippen molar-refractivity contribution in [1.82, 2.24) is 5.32 Å². The van der Waals surface area contributed by atoms with Crippen molar-refractivity contribution in [2.24, 2.45) is 29.1 Å². The Labute approximate surface area is 162 Å². The predicted octanol–water partition coefficient (Wildman–Crippen LogP) is 4.13. The molecule has 2 amide bonds. The van der Waals surface area contributed by atoms with Gasteiger partial charge in [-0.15, -0.1) is 0 Å². The van der Waals surface area contributed by atoms with Crippen LogP contribution in [0.3, 0.4) is 0 Å². The number of amides is 2. The van der Waals surface area contributed by atoms with Gasteiger partial charge in [0.1, 0.15) is 0 Å². The van der Waals surface area contributed by atoms with Crippen molar-refractivity contribution < 1.29 is 9.59 Å². The maximum absolute atomic E-state index is 13.1. The van der Waals surface area contributed by atoms with Crippen LogP contribution < -0.4 is 10.6 Å². The molecule has 0 saturated heterocycles. The van der Waals surface area contributed by atoms with Crippen LogP contribution in [0.1, 0.15) is 32.6 Å². The first kappa shape index (κ1) is 17.8. The summed E-state index contributed by atoms with van der Waals surface area (Å²) < 4.78 is 0.975. The molecule has 1 spiro atoms.